The molecule has 1 heterocycles. The normalized spacial score (nSPS) is 13.4. The molecule has 0 bridgehead atoms. The van der Waals surface area contributed by atoms with Gasteiger partial charge in [0.1, 0.15) is 6.61 Å². The Hall–Kier alpha value is 0.770. The summed E-state index contributed by atoms with van der Waals surface area (Å²) in [5, 5.41) is 0.665. The number of rotatable bonds is 6. The lowest BCUT2D eigenvalue weighted by Gasteiger charge is -2.07. The van der Waals surface area contributed by atoms with E-state index in [9.17, 15) is 8.78 Å². The van der Waals surface area contributed by atoms with Crippen molar-refractivity contribution in [2.75, 3.05) is 13.2 Å². The van der Waals surface area contributed by atoms with Crippen LogP contribution in [-0.4, -0.2) is 19.6 Å². The first-order chi connectivity index (χ1) is 7.50. The summed E-state index contributed by atoms with van der Waals surface area (Å²) < 4.78 is 29.2. The third-order valence-electron chi connectivity index (χ3n) is 1.73. The van der Waals surface area contributed by atoms with Crippen LogP contribution in [0.15, 0.2) is 9.85 Å². The molecule has 0 fully saturated rings. The van der Waals surface area contributed by atoms with Crippen LogP contribution in [0.1, 0.15) is 16.1 Å². The molecular formula is C9H9Br2ClF2OS. The van der Waals surface area contributed by atoms with Crippen molar-refractivity contribution in [3.05, 3.63) is 19.8 Å². The highest BCUT2D eigenvalue weighted by Gasteiger charge is 2.13. The molecule has 0 amide bonds. The van der Waals surface area contributed by atoms with Crippen molar-refractivity contribution in [1.29, 1.82) is 0 Å². The van der Waals surface area contributed by atoms with Gasteiger partial charge in [-0.05, 0) is 28.4 Å². The summed E-state index contributed by atoms with van der Waals surface area (Å²) in [4.78, 5) is 1.14. The second-order valence-corrected chi connectivity index (χ2v) is 6.91. The van der Waals surface area contributed by atoms with Crippen molar-refractivity contribution in [2.24, 2.45) is 0 Å². The Morgan fingerprint density at radius 1 is 1.50 bits per heavy atom. The molecule has 0 saturated carbocycles. The average molecular weight is 398 g/mol. The molecule has 0 aliphatic heterocycles. The predicted molar refractivity (Wildman–Crippen MR) is 70.1 cm³/mol. The van der Waals surface area contributed by atoms with Gasteiger partial charge in [0.15, 0.2) is 0 Å². The zero-order valence-corrected chi connectivity index (χ0v) is 12.8. The van der Waals surface area contributed by atoms with Crippen molar-refractivity contribution < 1.29 is 13.5 Å². The maximum Gasteiger partial charge on any atom is 0.261 e. The van der Waals surface area contributed by atoms with Gasteiger partial charge in [-0.1, -0.05) is 27.5 Å². The molecule has 0 aliphatic rings. The standard InChI is InChI=1S/C9H9Br2ClF2OS/c10-5(1-2-15-4-8(13)14)7-3-6(12)9(11)16-7/h3,5,8H,1-2,4H2. The summed E-state index contributed by atoms with van der Waals surface area (Å²) in [6.07, 6.45) is -1.77. The van der Waals surface area contributed by atoms with Crippen LogP contribution in [0, 0.1) is 0 Å². The van der Waals surface area contributed by atoms with E-state index in [0.717, 1.165) is 8.66 Å². The predicted octanol–water partition coefficient (Wildman–Crippen LogP) is 5.27. The fraction of sp³-hybridized carbons (Fsp3) is 0.556. The molecule has 0 aliphatic carbocycles. The highest BCUT2D eigenvalue weighted by Crippen LogP contribution is 2.39. The first-order valence-corrected chi connectivity index (χ1v) is 7.35. The van der Waals surface area contributed by atoms with E-state index >= 15 is 0 Å². The molecule has 1 rings (SSSR count). The van der Waals surface area contributed by atoms with Crippen LogP contribution in [-0.2, 0) is 4.74 Å². The molecule has 7 heteroatoms. The summed E-state index contributed by atoms with van der Waals surface area (Å²) >= 11 is 14.2. The van der Waals surface area contributed by atoms with Crippen LogP contribution in [0.25, 0.3) is 0 Å². The summed E-state index contributed by atoms with van der Waals surface area (Å²) in [6, 6.07) is 1.85. The second-order valence-electron chi connectivity index (χ2n) is 2.99. The Bertz CT molecular complexity index is 316. The Morgan fingerprint density at radius 2 is 2.19 bits per heavy atom. The van der Waals surface area contributed by atoms with Crippen molar-refractivity contribution in [1.82, 2.24) is 0 Å². The largest absolute Gasteiger partial charge is 0.375 e. The van der Waals surface area contributed by atoms with E-state index in [1.165, 1.54) is 11.3 Å². The van der Waals surface area contributed by atoms with E-state index in [4.69, 9.17) is 16.3 Å². The van der Waals surface area contributed by atoms with Crippen LogP contribution in [0.2, 0.25) is 5.02 Å². The van der Waals surface area contributed by atoms with E-state index in [-0.39, 0.29) is 4.83 Å². The fourth-order valence-electron chi connectivity index (χ4n) is 1.02. The average Bonchev–Trinajstić information content (AvgIpc) is 2.54. The molecule has 0 aromatic carbocycles. The maximum absolute atomic E-state index is 11.8. The van der Waals surface area contributed by atoms with Crippen molar-refractivity contribution >= 4 is 54.8 Å². The Labute approximate surface area is 118 Å². The molecule has 1 atom stereocenters. The van der Waals surface area contributed by atoms with Crippen LogP contribution < -0.4 is 0 Å². The fourth-order valence-corrected chi connectivity index (χ4v) is 3.38. The number of ether oxygens (including phenoxy) is 1. The zero-order valence-electron chi connectivity index (χ0n) is 8.06. The zero-order chi connectivity index (χ0) is 12.1. The van der Waals surface area contributed by atoms with E-state index in [0.29, 0.717) is 18.1 Å². The first-order valence-electron chi connectivity index (χ1n) is 4.45. The number of alkyl halides is 3. The smallest absolute Gasteiger partial charge is 0.261 e. The third-order valence-corrected chi connectivity index (χ3v) is 5.57. The second kappa shape index (κ2) is 7.26. The Morgan fingerprint density at radius 3 is 2.69 bits per heavy atom. The van der Waals surface area contributed by atoms with Gasteiger partial charge in [-0.3, -0.25) is 0 Å². The van der Waals surface area contributed by atoms with Crippen LogP contribution in [0.3, 0.4) is 0 Å². The monoisotopic (exact) mass is 396 g/mol. The minimum absolute atomic E-state index is 0.0824. The van der Waals surface area contributed by atoms with Gasteiger partial charge in [-0.2, -0.15) is 0 Å². The number of hydrogen-bond acceptors (Lipinski definition) is 2. The van der Waals surface area contributed by atoms with Gasteiger partial charge in [0, 0.05) is 11.5 Å². The van der Waals surface area contributed by atoms with Gasteiger partial charge in [0.05, 0.1) is 13.6 Å². The number of halogens is 5. The van der Waals surface area contributed by atoms with Gasteiger partial charge in [0.2, 0.25) is 0 Å². The molecular weight excluding hydrogens is 389 g/mol. The molecule has 92 valence electrons. The molecule has 0 radical (unpaired) electrons. The molecule has 16 heavy (non-hydrogen) atoms. The SMILES string of the molecule is FC(F)COCCC(Br)c1cc(Cl)c(Br)s1. The van der Waals surface area contributed by atoms with Gasteiger partial charge >= 0.3 is 0 Å². The topological polar surface area (TPSA) is 9.23 Å². The molecule has 0 spiro atoms. The van der Waals surface area contributed by atoms with E-state index in [1.54, 1.807) is 0 Å². The molecule has 0 N–H and O–H groups in total. The lowest BCUT2D eigenvalue weighted by molar-refractivity contribution is 0.0168. The van der Waals surface area contributed by atoms with Crippen LogP contribution in [0.5, 0.6) is 0 Å². The quantitative estimate of drug-likeness (QED) is 0.468. The molecule has 1 aromatic heterocycles. The number of hydrogen-bond donors (Lipinski definition) is 0. The molecule has 0 saturated heterocycles. The van der Waals surface area contributed by atoms with Crippen molar-refractivity contribution in [2.45, 2.75) is 17.7 Å². The van der Waals surface area contributed by atoms with Gasteiger partial charge in [0.25, 0.3) is 6.43 Å². The molecule has 1 unspecified atom stereocenters. The van der Waals surface area contributed by atoms with Crippen LogP contribution >= 0.6 is 54.8 Å². The molecule has 1 nitrogen and oxygen atoms in total. The van der Waals surface area contributed by atoms with E-state index in [1.807, 2.05) is 6.07 Å². The summed E-state index contributed by atoms with van der Waals surface area (Å²) in [5.41, 5.74) is 0. The maximum atomic E-state index is 11.8. The highest BCUT2D eigenvalue weighted by atomic mass is 79.9. The minimum Gasteiger partial charge on any atom is -0.375 e. The molecule has 1 aromatic rings. The lowest BCUT2D eigenvalue weighted by atomic mass is 10.3. The summed E-state index contributed by atoms with van der Waals surface area (Å²) in [7, 11) is 0. The van der Waals surface area contributed by atoms with Crippen LogP contribution in [0.4, 0.5) is 8.78 Å². The van der Waals surface area contributed by atoms with Gasteiger partial charge in [-0.25, -0.2) is 8.78 Å². The van der Waals surface area contributed by atoms with Gasteiger partial charge < -0.3 is 4.74 Å². The third kappa shape index (κ3) is 4.96. The van der Waals surface area contributed by atoms with E-state index < -0.39 is 13.0 Å². The first kappa shape index (κ1) is 14.8. The van der Waals surface area contributed by atoms with Gasteiger partial charge in [-0.15, -0.1) is 11.3 Å². The lowest BCUT2D eigenvalue weighted by Crippen LogP contribution is -2.06. The number of thiophene rings is 1. The van der Waals surface area contributed by atoms with Crippen molar-refractivity contribution in [3.63, 3.8) is 0 Å². The van der Waals surface area contributed by atoms with Crippen molar-refractivity contribution in [3.8, 4) is 0 Å². The summed E-state index contributed by atoms with van der Waals surface area (Å²) in [5.74, 6) is 0. The minimum atomic E-state index is -2.40. The van der Waals surface area contributed by atoms with E-state index in [2.05, 4.69) is 31.9 Å². The highest BCUT2D eigenvalue weighted by molar-refractivity contribution is 9.11. The Balaban J connectivity index is 2.32. The Kier molecular flexibility index (Phi) is 6.73. The summed E-state index contributed by atoms with van der Waals surface area (Å²) in [6.45, 7) is -0.206.